The second-order valence-electron chi connectivity index (χ2n) is 8.04. The number of hydrogen-bond acceptors (Lipinski definition) is 7. The third kappa shape index (κ3) is 3.01. The van der Waals surface area contributed by atoms with Gasteiger partial charge in [-0.1, -0.05) is 0 Å². The van der Waals surface area contributed by atoms with E-state index in [2.05, 4.69) is 26.7 Å². The molecule has 2 saturated heterocycles. The maximum absolute atomic E-state index is 14.7. The number of nitrogens with zero attached hydrogens (tertiary/aromatic N) is 2. The molecular formula is C22H21FN4OS2. The van der Waals surface area contributed by atoms with Crippen LogP contribution in [-0.2, 0) is 4.74 Å². The average Bonchev–Trinajstić information content (AvgIpc) is 3.47. The van der Waals surface area contributed by atoms with E-state index in [1.807, 2.05) is 6.07 Å². The number of benzene rings is 1. The zero-order valence-electron chi connectivity index (χ0n) is 16.3. The molecule has 2 N–H and O–H groups in total. The molecule has 1 unspecified atom stereocenters. The van der Waals surface area contributed by atoms with Gasteiger partial charge in [0.1, 0.15) is 10.6 Å². The van der Waals surface area contributed by atoms with Crippen molar-refractivity contribution in [2.45, 2.75) is 30.7 Å². The van der Waals surface area contributed by atoms with E-state index in [9.17, 15) is 4.39 Å². The van der Waals surface area contributed by atoms with Crippen LogP contribution >= 0.6 is 22.7 Å². The molecule has 0 bridgehead atoms. The summed E-state index contributed by atoms with van der Waals surface area (Å²) in [6, 6.07) is 7.49. The molecule has 8 heteroatoms. The van der Waals surface area contributed by atoms with Gasteiger partial charge in [0, 0.05) is 41.1 Å². The Morgan fingerprint density at radius 1 is 1.17 bits per heavy atom. The number of hydrogen-bond donors (Lipinski definition) is 2. The van der Waals surface area contributed by atoms with E-state index in [1.54, 1.807) is 35.2 Å². The minimum atomic E-state index is -0.270. The van der Waals surface area contributed by atoms with Crippen molar-refractivity contribution in [3.8, 4) is 0 Å². The summed E-state index contributed by atoms with van der Waals surface area (Å²) in [5, 5.41) is 8.11. The molecule has 1 aromatic carbocycles. The molecule has 0 saturated carbocycles. The van der Waals surface area contributed by atoms with Crippen LogP contribution in [0.25, 0.3) is 20.4 Å². The van der Waals surface area contributed by atoms with Gasteiger partial charge in [0.05, 0.1) is 27.1 Å². The van der Waals surface area contributed by atoms with E-state index >= 15 is 0 Å². The van der Waals surface area contributed by atoms with Gasteiger partial charge in [0.2, 0.25) is 0 Å². The minimum Gasteiger partial charge on any atom is -0.381 e. The van der Waals surface area contributed by atoms with Gasteiger partial charge in [-0.05, 0) is 50.1 Å². The highest BCUT2D eigenvalue weighted by Crippen LogP contribution is 2.46. The van der Waals surface area contributed by atoms with Crippen molar-refractivity contribution in [2.75, 3.05) is 25.1 Å². The highest BCUT2D eigenvalue weighted by atomic mass is 32.1. The van der Waals surface area contributed by atoms with Crippen LogP contribution in [0.1, 0.15) is 30.1 Å². The third-order valence-corrected chi connectivity index (χ3v) is 8.40. The first-order valence-corrected chi connectivity index (χ1v) is 11.9. The predicted octanol–water partition coefficient (Wildman–Crippen LogP) is 5.41. The maximum atomic E-state index is 14.7. The van der Waals surface area contributed by atoms with Gasteiger partial charge in [-0.2, -0.15) is 0 Å². The van der Waals surface area contributed by atoms with Crippen LogP contribution in [0.5, 0.6) is 0 Å². The van der Waals surface area contributed by atoms with E-state index in [0.717, 1.165) is 65.1 Å². The molecule has 6 rings (SSSR count). The summed E-state index contributed by atoms with van der Waals surface area (Å²) in [7, 11) is 0. The van der Waals surface area contributed by atoms with Gasteiger partial charge in [-0.15, -0.1) is 22.7 Å². The van der Waals surface area contributed by atoms with Crippen molar-refractivity contribution in [3.05, 3.63) is 46.7 Å². The number of aromatic nitrogens is 2. The van der Waals surface area contributed by atoms with Gasteiger partial charge >= 0.3 is 0 Å². The van der Waals surface area contributed by atoms with Crippen LogP contribution in [0.15, 0.2) is 36.0 Å². The van der Waals surface area contributed by atoms with Gasteiger partial charge < -0.3 is 15.4 Å². The Labute approximate surface area is 181 Å². The molecule has 3 aromatic heterocycles. The zero-order chi connectivity index (χ0) is 20.1. The molecule has 30 heavy (non-hydrogen) atoms. The first kappa shape index (κ1) is 18.6. The van der Waals surface area contributed by atoms with Crippen LogP contribution in [0.3, 0.4) is 0 Å². The van der Waals surface area contributed by atoms with Crippen molar-refractivity contribution in [1.29, 1.82) is 0 Å². The fourth-order valence-electron chi connectivity index (χ4n) is 4.90. The number of rotatable bonds is 3. The highest BCUT2D eigenvalue weighted by Gasteiger charge is 2.45. The maximum Gasteiger partial charge on any atom is 0.148 e. The SMILES string of the molecule is Fc1cc2scnc2cc1Nc1ccnc2sc(C3CCNC34CCOCC4)cc12. The number of pyridine rings is 1. The smallest absolute Gasteiger partial charge is 0.148 e. The lowest BCUT2D eigenvalue weighted by Crippen LogP contribution is -2.48. The second-order valence-corrected chi connectivity index (χ2v) is 9.99. The normalized spacial score (nSPS) is 21.0. The van der Waals surface area contributed by atoms with Crippen LogP contribution < -0.4 is 10.6 Å². The summed E-state index contributed by atoms with van der Waals surface area (Å²) in [6.45, 7) is 2.67. The monoisotopic (exact) mass is 440 g/mol. The van der Waals surface area contributed by atoms with E-state index in [4.69, 9.17) is 4.74 Å². The van der Waals surface area contributed by atoms with Crippen molar-refractivity contribution in [3.63, 3.8) is 0 Å². The molecule has 0 aliphatic carbocycles. The Morgan fingerprint density at radius 3 is 2.97 bits per heavy atom. The number of anilines is 2. The first-order chi connectivity index (χ1) is 14.7. The summed E-state index contributed by atoms with van der Waals surface area (Å²) in [5.74, 6) is 0.199. The van der Waals surface area contributed by atoms with E-state index in [-0.39, 0.29) is 11.4 Å². The van der Waals surface area contributed by atoms with Crippen LogP contribution in [-0.4, -0.2) is 35.3 Å². The zero-order valence-corrected chi connectivity index (χ0v) is 17.9. The molecule has 1 atom stereocenters. The Hall–Kier alpha value is -2.13. The minimum absolute atomic E-state index is 0.133. The summed E-state index contributed by atoms with van der Waals surface area (Å²) in [4.78, 5) is 11.3. The molecule has 154 valence electrons. The Morgan fingerprint density at radius 2 is 2.07 bits per heavy atom. The van der Waals surface area contributed by atoms with Crippen LogP contribution in [0, 0.1) is 5.82 Å². The highest BCUT2D eigenvalue weighted by molar-refractivity contribution is 7.18. The van der Waals surface area contributed by atoms with E-state index < -0.39 is 0 Å². The summed E-state index contributed by atoms with van der Waals surface area (Å²) < 4.78 is 21.1. The summed E-state index contributed by atoms with van der Waals surface area (Å²) in [5.41, 5.74) is 4.00. The number of thiophene rings is 1. The number of ether oxygens (including phenoxy) is 1. The molecule has 5 heterocycles. The standard InChI is InChI=1S/C22H21FN4OS2/c23-15-10-20-18(25-12-29-20)11-17(15)27-16-2-5-24-21-13(16)9-19(30-21)14-1-6-26-22(14)3-7-28-8-4-22/h2,5,9-12,14,26H,1,3-4,6-8H2,(H,24,27). The van der Waals surface area contributed by atoms with Crippen LogP contribution in [0.4, 0.5) is 15.8 Å². The lowest BCUT2D eigenvalue weighted by atomic mass is 9.78. The lowest BCUT2D eigenvalue weighted by Gasteiger charge is -2.38. The Kier molecular flexibility index (Phi) is 4.49. The van der Waals surface area contributed by atoms with E-state index in [1.165, 1.54) is 16.2 Å². The fraction of sp³-hybridized carbons (Fsp3) is 0.364. The Balaban J connectivity index is 1.38. The average molecular weight is 441 g/mol. The first-order valence-electron chi connectivity index (χ1n) is 10.2. The fourth-order valence-corrected chi connectivity index (χ4v) is 6.86. The predicted molar refractivity (Wildman–Crippen MR) is 121 cm³/mol. The lowest BCUT2D eigenvalue weighted by molar-refractivity contribution is 0.0397. The number of fused-ring (bicyclic) bond motifs is 2. The topological polar surface area (TPSA) is 59.1 Å². The quantitative estimate of drug-likeness (QED) is 0.446. The molecule has 2 fully saturated rings. The van der Waals surface area contributed by atoms with Gasteiger partial charge in [-0.25, -0.2) is 14.4 Å². The van der Waals surface area contributed by atoms with Gasteiger partial charge in [0.25, 0.3) is 0 Å². The number of thiazole rings is 1. The second kappa shape index (κ2) is 7.23. The van der Waals surface area contributed by atoms with Gasteiger partial charge in [-0.3, -0.25) is 0 Å². The molecule has 0 radical (unpaired) electrons. The largest absolute Gasteiger partial charge is 0.381 e. The number of halogens is 1. The van der Waals surface area contributed by atoms with Crippen molar-refractivity contribution in [2.24, 2.45) is 0 Å². The van der Waals surface area contributed by atoms with E-state index in [0.29, 0.717) is 11.6 Å². The molecule has 4 aromatic rings. The molecular weight excluding hydrogens is 419 g/mol. The van der Waals surface area contributed by atoms with Gasteiger partial charge in [0.15, 0.2) is 0 Å². The molecule has 2 aliphatic rings. The third-order valence-electron chi connectivity index (χ3n) is 6.45. The van der Waals surface area contributed by atoms with Crippen molar-refractivity contribution >= 4 is 54.5 Å². The summed E-state index contributed by atoms with van der Waals surface area (Å²) in [6.07, 6.45) is 5.01. The molecule has 5 nitrogen and oxygen atoms in total. The van der Waals surface area contributed by atoms with Crippen molar-refractivity contribution < 1.29 is 9.13 Å². The Bertz CT molecular complexity index is 1230. The molecule has 1 spiro atoms. The van der Waals surface area contributed by atoms with Crippen molar-refractivity contribution in [1.82, 2.24) is 15.3 Å². The molecule has 2 aliphatic heterocycles. The van der Waals surface area contributed by atoms with Crippen LogP contribution in [0.2, 0.25) is 0 Å². The summed E-state index contributed by atoms with van der Waals surface area (Å²) >= 11 is 3.20. The molecule has 0 amide bonds. The number of nitrogens with one attached hydrogen (secondary N) is 2.